The Morgan fingerprint density at radius 1 is 1.62 bits per heavy atom. The Labute approximate surface area is 56.6 Å². The maximum atomic E-state index is 3.56. The molecule has 1 saturated heterocycles. The lowest BCUT2D eigenvalue weighted by molar-refractivity contribution is 0.787. The van der Waals surface area contributed by atoms with Crippen LogP contribution in [0.15, 0.2) is 0 Å². The lowest BCUT2D eigenvalue weighted by Crippen LogP contribution is -2.62. The van der Waals surface area contributed by atoms with E-state index in [4.69, 9.17) is 0 Å². The highest BCUT2D eigenvalue weighted by molar-refractivity contribution is 6.73. The summed E-state index contributed by atoms with van der Waals surface area (Å²) < 4.78 is 9.58. The Morgan fingerprint density at radius 3 is 2.75 bits per heavy atom. The Morgan fingerprint density at radius 2 is 2.38 bits per heavy atom. The molecule has 48 valence electrons. The largest absolute Gasteiger partial charge is 0.346 e. The van der Waals surface area contributed by atoms with Crippen molar-refractivity contribution >= 4 is 28.8 Å². The van der Waals surface area contributed by atoms with E-state index < -0.39 is 9.12 Å². The second-order valence-electron chi connectivity index (χ2n) is 2.22. The molecule has 1 unspecified atom stereocenters. The predicted molar refractivity (Wildman–Crippen MR) is 44.1 cm³/mol. The molecule has 1 rings (SSSR count). The molecule has 0 aromatic heterocycles. The third kappa shape index (κ3) is 1.50. The van der Waals surface area contributed by atoms with Gasteiger partial charge in [-0.2, -0.15) is 0 Å². The Balaban J connectivity index is 2.28. The van der Waals surface area contributed by atoms with E-state index in [9.17, 15) is 0 Å². The molecule has 1 heterocycles. The standard InChI is InChI=1S/C2H13N3Si3/c1-5-7-3-6-4-8(5)2/h3-4,8H,6-7H2,1-2H3. The SMILES string of the molecule is CN1[SiH2]N[SiH2]N[SiH]1C. The molecule has 0 bridgehead atoms. The van der Waals surface area contributed by atoms with Gasteiger partial charge in [-0.05, 0) is 13.6 Å². The fourth-order valence-corrected chi connectivity index (χ4v) is 10.3. The van der Waals surface area contributed by atoms with Crippen molar-refractivity contribution < 1.29 is 0 Å². The van der Waals surface area contributed by atoms with E-state index in [0.717, 1.165) is 0 Å². The van der Waals surface area contributed by atoms with Gasteiger partial charge in [-0.1, -0.05) is 0 Å². The molecule has 0 radical (unpaired) electrons. The molecular formula is C2H13N3Si3. The molecule has 0 aromatic rings. The van der Waals surface area contributed by atoms with Gasteiger partial charge in [0.1, 0.15) is 0 Å². The van der Waals surface area contributed by atoms with Crippen LogP contribution in [0.3, 0.4) is 0 Å². The highest BCUT2D eigenvalue weighted by Crippen LogP contribution is 1.83. The van der Waals surface area contributed by atoms with Gasteiger partial charge in [0.05, 0.1) is 0 Å². The number of hydrogen-bond donors (Lipinski definition) is 2. The van der Waals surface area contributed by atoms with E-state index in [1.807, 2.05) is 0 Å². The molecule has 0 saturated carbocycles. The van der Waals surface area contributed by atoms with E-state index in [0.29, 0.717) is 0 Å². The van der Waals surface area contributed by atoms with E-state index in [1.54, 1.807) is 0 Å². The zero-order valence-corrected chi connectivity index (χ0v) is 9.42. The van der Waals surface area contributed by atoms with Gasteiger partial charge in [0.15, 0.2) is 28.8 Å². The molecule has 8 heavy (non-hydrogen) atoms. The van der Waals surface area contributed by atoms with Crippen molar-refractivity contribution in [3.63, 3.8) is 0 Å². The van der Waals surface area contributed by atoms with Crippen molar-refractivity contribution in [3.8, 4) is 0 Å². The fraction of sp³-hybridized carbons (Fsp3) is 1.00. The predicted octanol–water partition coefficient (Wildman–Crippen LogP) is -3.04. The van der Waals surface area contributed by atoms with Crippen molar-refractivity contribution in [2.24, 2.45) is 0 Å². The van der Waals surface area contributed by atoms with Crippen LogP contribution in [0.1, 0.15) is 0 Å². The van der Waals surface area contributed by atoms with Crippen LogP contribution in [0.5, 0.6) is 0 Å². The third-order valence-electron chi connectivity index (χ3n) is 1.54. The summed E-state index contributed by atoms with van der Waals surface area (Å²) in [4.78, 5) is 0. The molecule has 3 nitrogen and oxygen atoms in total. The summed E-state index contributed by atoms with van der Waals surface area (Å²) in [6.07, 6.45) is 0. The summed E-state index contributed by atoms with van der Waals surface area (Å²) in [5, 5.41) is 0. The topological polar surface area (TPSA) is 27.3 Å². The van der Waals surface area contributed by atoms with Crippen molar-refractivity contribution in [1.82, 2.24) is 13.5 Å². The number of nitrogens with one attached hydrogen (secondary N) is 2. The van der Waals surface area contributed by atoms with Gasteiger partial charge in [-0.25, -0.2) is 0 Å². The summed E-state index contributed by atoms with van der Waals surface area (Å²) in [7, 11) is 1.73. The second kappa shape index (κ2) is 2.90. The molecule has 1 fully saturated rings. The van der Waals surface area contributed by atoms with Crippen molar-refractivity contribution in [3.05, 3.63) is 0 Å². The first-order valence-corrected chi connectivity index (χ1v) is 7.95. The molecule has 1 aliphatic rings. The van der Waals surface area contributed by atoms with Gasteiger partial charge in [-0.3, -0.25) is 0 Å². The maximum Gasteiger partial charge on any atom is 0.171 e. The van der Waals surface area contributed by atoms with Crippen LogP contribution < -0.4 is 9.30 Å². The van der Waals surface area contributed by atoms with E-state index in [1.165, 1.54) is 0 Å². The highest BCUT2D eigenvalue weighted by Gasteiger charge is 2.13. The summed E-state index contributed by atoms with van der Waals surface area (Å²) in [5.74, 6) is 0. The lowest BCUT2D eigenvalue weighted by atomic mass is 11.6. The molecule has 6 heteroatoms. The second-order valence-corrected chi connectivity index (χ2v) is 10.5. The van der Waals surface area contributed by atoms with Crippen LogP contribution in [-0.2, 0) is 0 Å². The molecule has 0 aliphatic carbocycles. The minimum atomic E-state index is -0.544. The zero-order chi connectivity index (χ0) is 5.98. The molecule has 1 aliphatic heterocycles. The monoisotopic (exact) mass is 163 g/mol. The van der Waals surface area contributed by atoms with Gasteiger partial charge in [0.25, 0.3) is 0 Å². The first-order chi connectivity index (χ1) is 3.80. The van der Waals surface area contributed by atoms with Crippen LogP contribution in [0, 0.1) is 0 Å². The Hall–Kier alpha value is 0.531. The van der Waals surface area contributed by atoms with Crippen molar-refractivity contribution in [2.45, 2.75) is 6.55 Å². The summed E-state index contributed by atoms with van der Waals surface area (Å²) in [5.41, 5.74) is 0. The van der Waals surface area contributed by atoms with E-state index >= 15 is 0 Å². The maximum absolute atomic E-state index is 3.56. The number of hydrogen-bond acceptors (Lipinski definition) is 3. The highest BCUT2D eigenvalue weighted by atomic mass is 28.4. The van der Waals surface area contributed by atoms with Crippen LogP contribution in [0.2, 0.25) is 6.55 Å². The first kappa shape index (κ1) is 6.65. The van der Waals surface area contributed by atoms with Gasteiger partial charge in [0.2, 0.25) is 0 Å². The Kier molecular flexibility index (Phi) is 2.41. The molecule has 0 aromatic carbocycles. The first-order valence-electron chi connectivity index (χ1n) is 2.95. The summed E-state index contributed by atoms with van der Waals surface area (Å²) in [6, 6.07) is 0. The average Bonchev–Trinajstić information content (AvgIpc) is 1.77. The quantitative estimate of drug-likeness (QED) is 0.372. The van der Waals surface area contributed by atoms with Gasteiger partial charge in [-0.15, -0.1) is 0 Å². The van der Waals surface area contributed by atoms with E-state index in [-0.39, 0.29) is 19.7 Å². The normalized spacial score (nSPS) is 39.0. The minimum Gasteiger partial charge on any atom is -0.346 e. The lowest BCUT2D eigenvalue weighted by Gasteiger charge is -2.29. The minimum absolute atomic E-state index is 0.0110. The van der Waals surface area contributed by atoms with Crippen LogP contribution in [0.25, 0.3) is 0 Å². The Bertz CT molecular complexity index is 68.9. The molecule has 1 atom stereocenters. The summed E-state index contributed by atoms with van der Waals surface area (Å²) in [6.45, 7) is 2.36. The van der Waals surface area contributed by atoms with Crippen molar-refractivity contribution in [2.75, 3.05) is 7.05 Å². The smallest absolute Gasteiger partial charge is 0.171 e. The van der Waals surface area contributed by atoms with Crippen LogP contribution in [-0.4, -0.2) is 40.1 Å². The third-order valence-corrected chi connectivity index (χ3v) is 10.6. The van der Waals surface area contributed by atoms with E-state index in [2.05, 4.69) is 27.1 Å². The molecule has 0 amide bonds. The van der Waals surface area contributed by atoms with Gasteiger partial charge < -0.3 is 13.5 Å². The van der Waals surface area contributed by atoms with Gasteiger partial charge in [0, 0.05) is 0 Å². The fourth-order valence-electron chi connectivity index (χ4n) is 0.745. The van der Waals surface area contributed by atoms with Gasteiger partial charge >= 0.3 is 0 Å². The number of rotatable bonds is 0. The molecule has 0 spiro atoms. The zero-order valence-electron chi connectivity index (χ0n) is 5.44. The molecule has 2 N–H and O–H groups in total. The van der Waals surface area contributed by atoms with Crippen LogP contribution >= 0.6 is 0 Å². The summed E-state index contributed by atoms with van der Waals surface area (Å²) >= 11 is 0. The van der Waals surface area contributed by atoms with Crippen LogP contribution in [0.4, 0.5) is 0 Å². The van der Waals surface area contributed by atoms with Crippen molar-refractivity contribution in [1.29, 1.82) is 0 Å². The average molecular weight is 163 g/mol. The number of nitrogens with zero attached hydrogens (tertiary/aromatic N) is 1. The molecular weight excluding hydrogens is 150 g/mol.